The van der Waals surface area contributed by atoms with Crippen LogP contribution in [0.2, 0.25) is 23.7 Å². The Kier molecular flexibility index (Phi) is 8.95. The minimum atomic E-state index is -2.29. The van der Waals surface area contributed by atoms with Crippen LogP contribution < -0.4 is 14.8 Å². The lowest BCUT2D eigenvalue weighted by Crippen LogP contribution is -2.51. The predicted octanol–water partition coefficient (Wildman–Crippen LogP) is 5.90. The van der Waals surface area contributed by atoms with E-state index in [9.17, 15) is 9.90 Å². The minimum Gasteiger partial charge on any atom is -0.497 e. The van der Waals surface area contributed by atoms with Crippen molar-refractivity contribution < 1.29 is 19.4 Å². The first-order valence-corrected chi connectivity index (χ1v) is 19.2. The molecule has 240 valence electrons. The molecule has 0 bridgehead atoms. The Balaban J connectivity index is 1.37. The molecular weight excluding hydrogens is 616 g/mol. The summed E-state index contributed by atoms with van der Waals surface area (Å²) >= 11 is 6.57. The second-order valence-corrected chi connectivity index (χ2v) is 18.0. The summed E-state index contributed by atoms with van der Waals surface area (Å²) in [5.74, 6) is 0.346. The Labute approximate surface area is 276 Å². The number of carbonyl (C=O) groups excluding carboxylic acids is 1. The van der Waals surface area contributed by atoms with E-state index in [1.165, 1.54) is 5.19 Å². The maximum atomic E-state index is 14.5. The number of methoxy groups -OCH3 is 1. The maximum absolute atomic E-state index is 14.5. The standard InChI is InChI=1S/C36H41ClN4O4Si/c1-6-19-41-32-17-12-26(37)21-30(32)36(35(41)43)24(2)34(46(4,5)28-15-13-27(44-3)14-16-28)33(45-36)18-20-40-22-31(38-39-40)29(23-42)25-10-8-7-9-11-25/h6-17,21-22,24,29,33-34,42H,1,18-20,23H2,2-5H3/t24-,29?,33+,34-,36+/m0/s1. The topological polar surface area (TPSA) is 89.7 Å². The zero-order valence-corrected chi connectivity index (χ0v) is 28.5. The van der Waals surface area contributed by atoms with Crippen LogP contribution in [-0.4, -0.2) is 60.4 Å². The smallest absolute Gasteiger partial charge is 0.264 e. The minimum absolute atomic E-state index is 0.0660. The number of carbonyl (C=O) groups is 1. The molecule has 3 aromatic carbocycles. The van der Waals surface area contributed by atoms with Crippen molar-refractivity contribution in [3.05, 3.63) is 113 Å². The molecule has 8 nitrogen and oxygen atoms in total. The third-order valence-corrected chi connectivity index (χ3v) is 14.6. The summed E-state index contributed by atoms with van der Waals surface area (Å²) in [6, 6.07) is 23.8. The Bertz CT molecular complexity index is 1710. The number of ether oxygens (including phenoxy) is 2. The quantitative estimate of drug-likeness (QED) is 0.160. The van der Waals surface area contributed by atoms with Gasteiger partial charge in [-0.25, -0.2) is 0 Å². The first-order valence-electron chi connectivity index (χ1n) is 15.8. The highest BCUT2D eigenvalue weighted by molar-refractivity contribution is 6.91. The van der Waals surface area contributed by atoms with Crippen LogP contribution in [0.4, 0.5) is 5.69 Å². The highest BCUT2D eigenvalue weighted by Gasteiger charge is 2.66. The van der Waals surface area contributed by atoms with Gasteiger partial charge in [-0.2, -0.15) is 0 Å². The van der Waals surface area contributed by atoms with Gasteiger partial charge in [0.25, 0.3) is 5.91 Å². The highest BCUT2D eigenvalue weighted by atomic mass is 35.5. The highest BCUT2D eigenvalue weighted by Crippen LogP contribution is 2.60. The van der Waals surface area contributed by atoms with Gasteiger partial charge in [0.15, 0.2) is 5.60 Å². The Morgan fingerprint density at radius 2 is 1.89 bits per heavy atom. The fourth-order valence-electron chi connectivity index (χ4n) is 7.76. The van der Waals surface area contributed by atoms with Crippen LogP contribution in [-0.2, 0) is 21.7 Å². The predicted molar refractivity (Wildman–Crippen MR) is 184 cm³/mol. The largest absolute Gasteiger partial charge is 0.497 e. The van der Waals surface area contributed by atoms with E-state index in [0.717, 1.165) is 22.6 Å². The third kappa shape index (κ3) is 5.39. The summed E-state index contributed by atoms with van der Waals surface area (Å²) < 4.78 is 14.4. The van der Waals surface area contributed by atoms with E-state index in [-0.39, 0.29) is 36.0 Å². The second-order valence-electron chi connectivity index (χ2n) is 12.9. The summed E-state index contributed by atoms with van der Waals surface area (Å²) in [7, 11) is -0.618. The van der Waals surface area contributed by atoms with Crippen LogP contribution in [0.3, 0.4) is 0 Å². The average molecular weight is 657 g/mol. The number of aliphatic hydroxyl groups is 1. The van der Waals surface area contributed by atoms with Gasteiger partial charge in [0, 0.05) is 35.8 Å². The van der Waals surface area contributed by atoms with Crippen molar-refractivity contribution in [2.45, 2.75) is 56.1 Å². The number of fused-ring (bicyclic) bond motifs is 2. The van der Waals surface area contributed by atoms with Crippen LogP contribution in [0.5, 0.6) is 5.75 Å². The summed E-state index contributed by atoms with van der Waals surface area (Å²) in [5.41, 5.74) is 2.26. The molecule has 2 aliphatic rings. The molecule has 1 fully saturated rings. The van der Waals surface area contributed by atoms with E-state index in [1.54, 1.807) is 18.1 Å². The number of halogens is 1. The molecule has 2 aliphatic heterocycles. The van der Waals surface area contributed by atoms with Crippen LogP contribution in [0.25, 0.3) is 0 Å². The number of aliphatic hydroxyl groups excluding tert-OH is 1. The fourth-order valence-corrected chi connectivity index (χ4v) is 12.0. The van der Waals surface area contributed by atoms with Gasteiger partial charge >= 0.3 is 0 Å². The van der Waals surface area contributed by atoms with Crippen molar-refractivity contribution in [3.8, 4) is 5.75 Å². The molecule has 1 spiro atoms. The van der Waals surface area contributed by atoms with Gasteiger partial charge in [0.2, 0.25) is 0 Å². The maximum Gasteiger partial charge on any atom is 0.264 e. The van der Waals surface area contributed by atoms with E-state index < -0.39 is 13.7 Å². The molecule has 1 saturated heterocycles. The number of rotatable bonds is 11. The number of benzene rings is 3. The molecule has 1 amide bonds. The molecule has 46 heavy (non-hydrogen) atoms. The van der Waals surface area contributed by atoms with Crippen molar-refractivity contribution in [1.82, 2.24) is 15.0 Å². The molecule has 0 aliphatic carbocycles. The molecule has 1 N–H and O–H groups in total. The molecule has 3 heterocycles. The number of nitrogens with zero attached hydrogens (tertiary/aromatic N) is 4. The third-order valence-electron chi connectivity index (χ3n) is 10.0. The van der Waals surface area contributed by atoms with Gasteiger partial charge in [-0.05, 0) is 47.9 Å². The van der Waals surface area contributed by atoms with E-state index in [2.05, 4.69) is 49.0 Å². The van der Waals surface area contributed by atoms with Crippen LogP contribution in [0.15, 0.2) is 91.6 Å². The molecule has 4 aromatic rings. The lowest BCUT2D eigenvalue weighted by molar-refractivity contribution is -0.145. The van der Waals surface area contributed by atoms with Crippen LogP contribution >= 0.6 is 11.6 Å². The molecule has 6 rings (SSSR count). The van der Waals surface area contributed by atoms with Crippen LogP contribution in [0.1, 0.15) is 36.1 Å². The molecule has 5 atom stereocenters. The van der Waals surface area contributed by atoms with Crippen LogP contribution in [0, 0.1) is 5.92 Å². The van der Waals surface area contributed by atoms with Gasteiger partial charge in [-0.15, -0.1) is 11.7 Å². The summed E-state index contributed by atoms with van der Waals surface area (Å²) in [4.78, 5) is 16.3. The van der Waals surface area contributed by atoms with E-state index in [0.29, 0.717) is 30.2 Å². The SMILES string of the molecule is C=CCN1C(=O)[C@]2(O[C@H](CCn3cc(C(CO)c4ccccc4)nn3)[C@@H]([Si](C)(C)c3ccc(OC)cc3)[C@@H]2C)c2cc(Cl)ccc21. The number of aryl methyl sites for hydroxylation is 1. The normalized spacial score (nSPS) is 23.1. The number of anilines is 1. The number of aromatic nitrogens is 3. The monoisotopic (exact) mass is 656 g/mol. The van der Waals surface area contributed by atoms with Crippen molar-refractivity contribution in [3.63, 3.8) is 0 Å². The van der Waals surface area contributed by atoms with Gasteiger partial charge in [-0.3, -0.25) is 9.48 Å². The molecular formula is C36H41ClN4O4Si. The first kappa shape index (κ1) is 32.2. The molecule has 10 heteroatoms. The summed E-state index contributed by atoms with van der Waals surface area (Å²) in [6.07, 6.45) is 4.04. The number of hydrogen-bond acceptors (Lipinski definition) is 6. The van der Waals surface area contributed by atoms with Gasteiger partial charge in [-0.1, -0.05) is 90.6 Å². The van der Waals surface area contributed by atoms with Crippen molar-refractivity contribution in [2.24, 2.45) is 5.92 Å². The van der Waals surface area contributed by atoms with Crippen molar-refractivity contribution in [2.75, 3.05) is 25.2 Å². The molecule has 1 unspecified atom stereocenters. The molecule has 1 aromatic heterocycles. The fraction of sp³-hybridized carbons (Fsp3) is 0.361. The van der Waals surface area contributed by atoms with Crippen molar-refractivity contribution in [1.29, 1.82) is 0 Å². The van der Waals surface area contributed by atoms with Gasteiger partial charge in [0.05, 0.1) is 45.2 Å². The number of amides is 1. The molecule has 0 saturated carbocycles. The number of hydrogen-bond donors (Lipinski definition) is 1. The van der Waals surface area contributed by atoms with Gasteiger partial charge in [0.1, 0.15) is 5.75 Å². The average Bonchev–Trinajstić information content (AvgIpc) is 3.71. The zero-order chi connectivity index (χ0) is 32.6. The van der Waals surface area contributed by atoms with E-state index in [1.807, 2.05) is 71.5 Å². The van der Waals surface area contributed by atoms with E-state index >= 15 is 0 Å². The first-order chi connectivity index (χ1) is 22.1. The Morgan fingerprint density at radius 3 is 2.57 bits per heavy atom. The lowest BCUT2D eigenvalue weighted by Gasteiger charge is -2.37. The van der Waals surface area contributed by atoms with E-state index in [4.69, 9.17) is 21.1 Å². The zero-order valence-electron chi connectivity index (χ0n) is 26.8. The molecule has 0 radical (unpaired) electrons. The van der Waals surface area contributed by atoms with Gasteiger partial charge < -0.3 is 19.5 Å². The summed E-state index contributed by atoms with van der Waals surface area (Å²) in [6.45, 7) is 11.7. The van der Waals surface area contributed by atoms with Crippen molar-refractivity contribution >= 4 is 36.5 Å². The second kappa shape index (κ2) is 12.8. The Hall–Kier alpha value is -3.76. The lowest BCUT2D eigenvalue weighted by atomic mass is 9.82. The Morgan fingerprint density at radius 1 is 1.15 bits per heavy atom. The summed E-state index contributed by atoms with van der Waals surface area (Å²) in [5, 5.41) is 20.9.